The van der Waals surface area contributed by atoms with Gasteiger partial charge in [-0.2, -0.15) is 0 Å². The molecular formula is C19H22N2O4S. The number of likely N-dealkylation sites (tertiary alicyclic amines) is 1. The van der Waals surface area contributed by atoms with Crippen molar-refractivity contribution in [2.45, 2.75) is 29.8 Å². The first-order valence-electron chi connectivity index (χ1n) is 8.49. The summed E-state index contributed by atoms with van der Waals surface area (Å²) in [7, 11) is -3.24. The molecule has 7 heteroatoms. The highest BCUT2D eigenvalue weighted by molar-refractivity contribution is 7.90. The third-order valence-corrected chi connectivity index (χ3v) is 5.92. The number of carbonyl (C=O) groups is 1. The predicted molar refractivity (Wildman–Crippen MR) is 97.2 cm³/mol. The van der Waals surface area contributed by atoms with Crippen molar-refractivity contribution in [1.82, 2.24) is 9.88 Å². The number of aromatic nitrogens is 1. The number of benzene rings is 1. The quantitative estimate of drug-likeness (QED) is 0.877. The molecule has 1 aliphatic rings. The van der Waals surface area contributed by atoms with Crippen LogP contribution in [0.15, 0.2) is 53.6 Å². The molecule has 138 valence electrons. The van der Waals surface area contributed by atoms with E-state index in [4.69, 9.17) is 0 Å². The Morgan fingerprint density at radius 3 is 2.35 bits per heavy atom. The molecule has 6 nitrogen and oxygen atoms in total. The Bertz CT molecular complexity index is 872. The van der Waals surface area contributed by atoms with Crippen LogP contribution in [0.2, 0.25) is 0 Å². The normalized spacial score (nSPS) is 17.1. The first kappa shape index (κ1) is 18.5. The van der Waals surface area contributed by atoms with Crippen molar-refractivity contribution in [2.24, 2.45) is 0 Å². The average molecular weight is 374 g/mol. The minimum atomic E-state index is -3.24. The lowest BCUT2D eigenvalue weighted by atomic mass is 9.87. The van der Waals surface area contributed by atoms with Gasteiger partial charge in [0, 0.05) is 25.5 Å². The van der Waals surface area contributed by atoms with Gasteiger partial charge in [-0.05, 0) is 42.7 Å². The van der Waals surface area contributed by atoms with Crippen LogP contribution in [-0.2, 0) is 26.7 Å². The Balaban J connectivity index is 1.60. The van der Waals surface area contributed by atoms with Crippen LogP contribution in [-0.4, -0.2) is 48.7 Å². The van der Waals surface area contributed by atoms with Crippen molar-refractivity contribution < 1.29 is 18.3 Å². The highest BCUT2D eigenvalue weighted by Crippen LogP contribution is 2.31. The molecule has 0 radical (unpaired) electrons. The third-order valence-electron chi connectivity index (χ3n) is 4.79. The van der Waals surface area contributed by atoms with E-state index < -0.39 is 15.4 Å². The number of pyridine rings is 1. The molecule has 1 aromatic heterocycles. The van der Waals surface area contributed by atoms with Crippen LogP contribution in [0.3, 0.4) is 0 Å². The summed E-state index contributed by atoms with van der Waals surface area (Å²) in [5.74, 6) is -0.0276. The van der Waals surface area contributed by atoms with Crippen molar-refractivity contribution in [1.29, 1.82) is 0 Å². The molecule has 1 fully saturated rings. The molecule has 26 heavy (non-hydrogen) atoms. The van der Waals surface area contributed by atoms with Crippen LogP contribution in [0.4, 0.5) is 0 Å². The number of sulfone groups is 1. The van der Waals surface area contributed by atoms with Crippen molar-refractivity contribution in [2.75, 3.05) is 19.3 Å². The molecule has 1 saturated heterocycles. The lowest BCUT2D eigenvalue weighted by Crippen LogP contribution is -2.46. The molecule has 0 saturated carbocycles. The summed E-state index contributed by atoms with van der Waals surface area (Å²) in [5.41, 5.74) is 0.422. The molecule has 0 aliphatic carbocycles. The van der Waals surface area contributed by atoms with Gasteiger partial charge in [-0.3, -0.25) is 9.78 Å². The molecular weight excluding hydrogens is 352 g/mol. The summed E-state index contributed by atoms with van der Waals surface area (Å²) in [6.07, 6.45) is 3.92. The summed E-state index contributed by atoms with van der Waals surface area (Å²) >= 11 is 0. The fraction of sp³-hybridized carbons (Fsp3) is 0.368. The molecule has 2 heterocycles. The third kappa shape index (κ3) is 4.11. The average Bonchev–Trinajstić information content (AvgIpc) is 2.63. The van der Waals surface area contributed by atoms with Gasteiger partial charge in [-0.25, -0.2) is 8.42 Å². The second-order valence-corrected chi connectivity index (χ2v) is 8.74. The highest BCUT2D eigenvalue weighted by Gasteiger charge is 2.36. The summed E-state index contributed by atoms with van der Waals surface area (Å²) in [6, 6.07) is 11.8. The standard InChI is InChI=1S/C19H22N2O4S/c1-26(24,25)16-7-5-15(6-8-16)14-18(22)21-12-9-19(23,10-13-21)17-4-2-3-11-20-17/h2-8,11,23H,9-10,12-14H2,1H3. The van der Waals surface area contributed by atoms with Crippen molar-refractivity contribution >= 4 is 15.7 Å². The largest absolute Gasteiger partial charge is 0.383 e. The molecule has 1 aromatic carbocycles. The molecule has 0 spiro atoms. The SMILES string of the molecule is CS(=O)(=O)c1ccc(CC(=O)N2CCC(O)(c3ccccn3)CC2)cc1. The zero-order valence-corrected chi connectivity index (χ0v) is 15.4. The van der Waals surface area contributed by atoms with E-state index in [2.05, 4.69) is 4.98 Å². The molecule has 3 rings (SSSR count). The van der Waals surface area contributed by atoms with Gasteiger partial charge in [0.25, 0.3) is 0 Å². The summed E-state index contributed by atoms with van der Waals surface area (Å²) in [6.45, 7) is 0.931. The molecule has 0 bridgehead atoms. The van der Waals surface area contributed by atoms with Crippen molar-refractivity contribution in [3.8, 4) is 0 Å². The maximum Gasteiger partial charge on any atom is 0.226 e. The molecule has 0 unspecified atom stereocenters. The molecule has 0 atom stereocenters. The fourth-order valence-corrected chi connectivity index (χ4v) is 3.79. The van der Waals surface area contributed by atoms with Gasteiger partial charge in [-0.15, -0.1) is 0 Å². The van der Waals surface area contributed by atoms with Crippen LogP contribution in [0, 0.1) is 0 Å². The summed E-state index contributed by atoms with van der Waals surface area (Å²) < 4.78 is 23.0. The van der Waals surface area contributed by atoms with Crippen LogP contribution in [0.1, 0.15) is 24.1 Å². The Morgan fingerprint density at radius 2 is 1.81 bits per heavy atom. The fourth-order valence-electron chi connectivity index (χ4n) is 3.16. The van der Waals surface area contributed by atoms with Gasteiger partial charge in [-0.1, -0.05) is 18.2 Å². The first-order valence-corrected chi connectivity index (χ1v) is 10.4. The van der Waals surface area contributed by atoms with Gasteiger partial charge in [0.1, 0.15) is 5.60 Å². The summed E-state index contributed by atoms with van der Waals surface area (Å²) in [5, 5.41) is 10.8. The lowest BCUT2D eigenvalue weighted by molar-refractivity contribution is -0.135. The Kier molecular flexibility index (Phi) is 5.11. The van der Waals surface area contributed by atoms with Crippen LogP contribution in [0.25, 0.3) is 0 Å². The summed E-state index contributed by atoms with van der Waals surface area (Å²) in [4.78, 5) is 18.7. The Morgan fingerprint density at radius 1 is 1.15 bits per heavy atom. The smallest absolute Gasteiger partial charge is 0.226 e. The van der Waals surface area contributed by atoms with E-state index in [1.807, 2.05) is 6.07 Å². The number of piperidine rings is 1. The zero-order valence-electron chi connectivity index (χ0n) is 14.6. The van der Waals surface area contributed by atoms with Gasteiger partial charge < -0.3 is 10.0 Å². The number of hydrogen-bond donors (Lipinski definition) is 1. The van der Waals surface area contributed by atoms with E-state index in [0.29, 0.717) is 31.6 Å². The topological polar surface area (TPSA) is 87.6 Å². The number of aliphatic hydroxyl groups is 1. The maximum atomic E-state index is 12.5. The van der Waals surface area contributed by atoms with Gasteiger partial charge in [0.05, 0.1) is 17.0 Å². The van der Waals surface area contributed by atoms with Crippen LogP contribution in [0.5, 0.6) is 0 Å². The molecule has 2 aromatic rings. The molecule has 1 amide bonds. The van der Waals surface area contributed by atoms with E-state index in [0.717, 1.165) is 11.8 Å². The maximum absolute atomic E-state index is 12.5. The van der Waals surface area contributed by atoms with Gasteiger partial charge >= 0.3 is 0 Å². The predicted octanol–water partition coefficient (Wildman–Crippen LogP) is 1.54. The van der Waals surface area contributed by atoms with Gasteiger partial charge in [0.15, 0.2) is 9.84 Å². The van der Waals surface area contributed by atoms with E-state index in [1.54, 1.807) is 35.4 Å². The zero-order chi connectivity index (χ0) is 18.8. The Hall–Kier alpha value is -2.25. The Labute approximate surface area is 153 Å². The number of nitrogens with zero attached hydrogens (tertiary/aromatic N) is 2. The molecule has 1 N–H and O–H groups in total. The number of carbonyl (C=O) groups excluding carboxylic acids is 1. The van der Waals surface area contributed by atoms with E-state index in [-0.39, 0.29) is 17.2 Å². The minimum Gasteiger partial charge on any atom is -0.383 e. The second kappa shape index (κ2) is 7.17. The van der Waals surface area contributed by atoms with Crippen LogP contribution >= 0.6 is 0 Å². The molecule has 1 aliphatic heterocycles. The number of amides is 1. The van der Waals surface area contributed by atoms with Crippen LogP contribution < -0.4 is 0 Å². The van der Waals surface area contributed by atoms with Crippen molar-refractivity contribution in [3.63, 3.8) is 0 Å². The van der Waals surface area contributed by atoms with Gasteiger partial charge in [0.2, 0.25) is 5.91 Å². The lowest BCUT2D eigenvalue weighted by Gasteiger charge is -2.37. The minimum absolute atomic E-state index is 0.0276. The van der Waals surface area contributed by atoms with Crippen molar-refractivity contribution in [3.05, 3.63) is 59.9 Å². The first-order chi connectivity index (χ1) is 12.3. The second-order valence-electron chi connectivity index (χ2n) is 6.72. The van der Waals surface area contributed by atoms with E-state index >= 15 is 0 Å². The van der Waals surface area contributed by atoms with E-state index in [1.165, 1.54) is 12.1 Å². The highest BCUT2D eigenvalue weighted by atomic mass is 32.2. The monoisotopic (exact) mass is 374 g/mol. The van der Waals surface area contributed by atoms with E-state index in [9.17, 15) is 18.3 Å². The number of rotatable bonds is 4. The number of hydrogen-bond acceptors (Lipinski definition) is 5.